The number of nitrogens with one attached hydrogen (secondary N) is 2. The highest BCUT2D eigenvalue weighted by molar-refractivity contribution is 5.96. The predicted octanol–water partition coefficient (Wildman–Crippen LogP) is 3.02. The molecule has 0 bridgehead atoms. The number of fused-ring (bicyclic) bond motifs is 3. The van der Waals surface area contributed by atoms with Gasteiger partial charge in [0.1, 0.15) is 29.8 Å². The summed E-state index contributed by atoms with van der Waals surface area (Å²) >= 11 is 0. The molecule has 0 unspecified atom stereocenters. The molecule has 1 aromatic heterocycles. The van der Waals surface area contributed by atoms with Crippen LogP contribution < -0.4 is 10.6 Å². The summed E-state index contributed by atoms with van der Waals surface area (Å²) in [5, 5.41) is 15.5. The minimum atomic E-state index is -1.45. The highest BCUT2D eigenvalue weighted by atomic mass is 16.6. The predicted molar refractivity (Wildman–Crippen MR) is 158 cm³/mol. The van der Waals surface area contributed by atoms with Gasteiger partial charge in [-0.05, 0) is 68.6 Å². The van der Waals surface area contributed by atoms with Gasteiger partial charge in [-0.2, -0.15) is 0 Å². The van der Waals surface area contributed by atoms with Gasteiger partial charge in [-0.1, -0.05) is 25.0 Å². The molecule has 13 nitrogen and oxygen atoms in total. The van der Waals surface area contributed by atoms with Crippen LogP contribution in [0.15, 0.2) is 30.6 Å². The second-order valence-corrected chi connectivity index (χ2v) is 12.9. The maximum absolute atomic E-state index is 14.1. The van der Waals surface area contributed by atoms with E-state index in [1.54, 1.807) is 12.4 Å². The van der Waals surface area contributed by atoms with E-state index in [1.807, 2.05) is 18.2 Å². The summed E-state index contributed by atoms with van der Waals surface area (Å²) in [5.74, 6) is -2.59. The number of carbonyl (C=O) groups excluding carboxylic acids is 4. The lowest BCUT2D eigenvalue weighted by Crippen LogP contribution is -2.56. The number of allylic oxidation sites excluding steroid dienone is 1. The van der Waals surface area contributed by atoms with E-state index in [1.165, 1.54) is 9.80 Å². The highest BCUT2D eigenvalue weighted by Crippen LogP contribution is 2.45. The van der Waals surface area contributed by atoms with E-state index < -0.39 is 53.7 Å². The first-order valence-electron chi connectivity index (χ1n) is 16.1. The molecule has 3 aliphatic heterocycles. The van der Waals surface area contributed by atoms with E-state index in [-0.39, 0.29) is 31.4 Å². The summed E-state index contributed by atoms with van der Waals surface area (Å²) in [6.07, 6.45) is 12.1. The number of pyridine rings is 1. The van der Waals surface area contributed by atoms with Gasteiger partial charge in [0, 0.05) is 31.3 Å². The quantitative estimate of drug-likeness (QED) is 0.427. The van der Waals surface area contributed by atoms with Crippen LogP contribution in [-0.4, -0.2) is 86.2 Å². The number of nitrogens with zero attached hydrogens (tertiary/aromatic N) is 3. The molecule has 0 radical (unpaired) electrons. The van der Waals surface area contributed by atoms with Crippen molar-refractivity contribution in [2.75, 3.05) is 6.54 Å². The molecule has 0 aromatic carbocycles. The number of aromatic nitrogens is 1. The number of alkyl carbamates (subject to hydrolysis) is 1. The van der Waals surface area contributed by atoms with E-state index in [2.05, 4.69) is 15.6 Å². The van der Waals surface area contributed by atoms with E-state index >= 15 is 0 Å². The number of carboxylic acid groups (broad SMARTS) is 1. The molecule has 242 valence electrons. The van der Waals surface area contributed by atoms with Crippen LogP contribution in [0.5, 0.6) is 0 Å². The Morgan fingerprint density at radius 2 is 1.78 bits per heavy atom. The molecule has 45 heavy (non-hydrogen) atoms. The third-order valence-corrected chi connectivity index (χ3v) is 9.74. The fourth-order valence-electron chi connectivity index (χ4n) is 7.05. The van der Waals surface area contributed by atoms with Crippen LogP contribution in [0.25, 0.3) is 0 Å². The van der Waals surface area contributed by atoms with Gasteiger partial charge in [0.15, 0.2) is 0 Å². The summed E-state index contributed by atoms with van der Waals surface area (Å²) < 4.78 is 11.4. The van der Waals surface area contributed by atoms with Crippen molar-refractivity contribution in [2.24, 2.45) is 5.92 Å². The van der Waals surface area contributed by atoms with Gasteiger partial charge < -0.3 is 30.1 Å². The first kappa shape index (κ1) is 30.8. The van der Waals surface area contributed by atoms with Gasteiger partial charge >= 0.3 is 18.2 Å². The van der Waals surface area contributed by atoms with Gasteiger partial charge in [-0.15, -0.1) is 0 Å². The average Bonchev–Trinajstić information content (AvgIpc) is 3.43. The molecule has 5 aliphatic rings. The summed E-state index contributed by atoms with van der Waals surface area (Å²) in [4.78, 5) is 73.2. The van der Waals surface area contributed by atoms with E-state index in [0.29, 0.717) is 25.9 Å². The largest absolute Gasteiger partial charge is 0.479 e. The first-order chi connectivity index (χ1) is 21.7. The Labute approximate surface area is 261 Å². The lowest BCUT2D eigenvalue weighted by Gasteiger charge is -2.29. The molecular formula is C32H41N5O8. The molecule has 4 amide bonds. The van der Waals surface area contributed by atoms with Crippen molar-refractivity contribution in [1.82, 2.24) is 25.4 Å². The van der Waals surface area contributed by atoms with E-state index in [4.69, 9.17) is 9.47 Å². The maximum Gasteiger partial charge on any atom is 0.410 e. The minimum absolute atomic E-state index is 0.00109. The van der Waals surface area contributed by atoms with Crippen LogP contribution in [-0.2, 0) is 36.9 Å². The summed E-state index contributed by atoms with van der Waals surface area (Å²) in [7, 11) is 0. The number of rotatable bonds is 4. The normalized spacial score (nSPS) is 30.3. The second kappa shape index (κ2) is 13.1. The Balaban J connectivity index is 1.20. The van der Waals surface area contributed by atoms with Gasteiger partial charge in [0.05, 0.1) is 13.1 Å². The molecule has 2 aliphatic carbocycles. The number of carbonyl (C=O) groups is 5. The molecule has 6 rings (SSSR count). The van der Waals surface area contributed by atoms with Crippen LogP contribution in [0.4, 0.5) is 9.59 Å². The number of hydrogen-bond donors (Lipinski definition) is 3. The molecule has 3 fully saturated rings. The molecule has 2 saturated carbocycles. The lowest BCUT2D eigenvalue weighted by atomic mass is 10.0. The fraction of sp³-hybridized carbons (Fsp3) is 0.625. The third kappa shape index (κ3) is 6.76. The van der Waals surface area contributed by atoms with Crippen molar-refractivity contribution in [3.05, 3.63) is 41.7 Å². The maximum atomic E-state index is 14.1. The smallest absolute Gasteiger partial charge is 0.410 e. The molecule has 1 aromatic rings. The highest BCUT2D eigenvalue weighted by Gasteiger charge is 2.61. The molecular weight excluding hydrogens is 582 g/mol. The van der Waals surface area contributed by atoms with E-state index in [0.717, 1.165) is 56.1 Å². The molecule has 13 heteroatoms. The Kier molecular flexibility index (Phi) is 8.95. The lowest BCUT2D eigenvalue weighted by molar-refractivity contribution is -0.145. The van der Waals surface area contributed by atoms with Crippen molar-refractivity contribution in [3.8, 4) is 0 Å². The van der Waals surface area contributed by atoms with Crippen LogP contribution in [0.3, 0.4) is 0 Å². The standard InChI is InChI=1S/C32H41N5O8/c38-27-26-14-24(45-31(43)36-17-20-12-13-33-16-21(20)18-36)19-37(26)28(39)25(34-30(42)44-23-9-6-7-10-23)11-5-3-1-2-4-8-22-15-32(22,35-27)29(40)41/h4,8,12-13,16,22-26H,1-3,5-7,9-11,14-15,17-19H2,(H,34,42)(H,35,38)(H,40,41)/t22-,24-,25+,26+,32-/m1/s1. The zero-order chi connectivity index (χ0) is 31.6. The summed E-state index contributed by atoms with van der Waals surface area (Å²) in [5.41, 5.74) is 0.449. The van der Waals surface area contributed by atoms with Crippen LogP contribution in [0, 0.1) is 5.92 Å². The molecule has 3 N–H and O–H groups in total. The zero-order valence-corrected chi connectivity index (χ0v) is 25.3. The molecule has 4 heterocycles. The fourth-order valence-corrected chi connectivity index (χ4v) is 7.05. The Morgan fingerprint density at radius 3 is 2.56 bits per heavy atom. The minimum Gasteiger partial charge on any atom is -0.479 e. The van der Waals surface area contributed by atoms with E-state index in [9.17, 15) is 29.1 Å². The number of carboxylic acids is 1. The monoisotopic (exact) mass is 623 g/mol. The van der Waals surface area contributed by atoms with Gasteiger partial charge in [-0.25, -0.2) is 14.4 Å². The zero-order valence-electron chi connectivity index (χ0n) is 25.3. The molecule has 1 saturated heterocycles. The number of aliphatic carboxylic acids is 1. The van der Waals surface area contributed by atoms with Crippen molar-refractivity contribution in [2.45, 2.75) is 114 Å². The SMILES string of the molecule is O=C(N[C@H]1CCCCCC=C[C@@H]2C[C@@]2(C(=O)O)NC(=O)[C@@H]2C[C@@H](OC(=O)N3Cc4ccncc4C3)CN2C1=O)OC1CCCC1. The number of ether oxygens (including phenoxy) is 2. The van der Waals surface area contributed by atoms with Crippen molar-refractivity contribution >= 4 is 30.0 Å². The van der Waals surface area contributed by atoms with Gasteiger partial charge in [0.2, 0.25) is 11.8 Å². The van der Waals surface area contributed by atoms with Crippen LogP contribution in [0.2, 0.25) is 0 Å². The van der Waals surface area contributed by atoms with Gasteiger partial charge in [0.25, 0.3) is 0 Å². The van der Waals surface area contributed by atoms with Crippen molar-refractivity contribution in [3.63, 3.8) is 0 Å². The molecule has 0 spiro atoms. The Hall–Kier alpha value is -4.16. The number of hydrogen-bond acceptors (Lipinski definition) is 8. The van der Waals surface area contributed by atoms with Gasteiger partial charge in [-0.3, -0.25) is 19.5 Å². The van der Waals surface area contributed by atoms with Crippen molar-refractivity contribution in [1.29, 1.82) is 0 Å². The van der Waals surface area contributed by atoms with Crippen molar-refractivity contribution < 1.29 is 38.6 Å². The second-order valence-electron chi connectivity index (χ2n) is 12.9. The molecule has 5 atom stereocenters. The first-order valence-corrected chi connectivity index (χ1v) is 16.1. The summed E-state index contributed by atoms with van der Waals surface area (Å²) in [6.45, 7) is 0.637. The third-order valence-electron chi connectivity index (χ3n) is 9.74. The number of amides is 4. The average molecular weight is 624 g/mol. The topological polar surface area (TPSA) is 167 Å². The Bertz CT molecular complexity index is 1340. The Morgan fingerprint density at radius 1 is 1.00 bits per heavy atom. The van der Waals surface area contributed by atoms with Crippen LogP contribution in [0.1, 0.15) is 81.8 Å². The van der Waals surface area contributed by atoms with Crippen LogP contribution >= 0.6 is 0 Å². The summed E-state index contributed by atoms with van der Waals surface area (Å²) in [6, 6.07) is -0.189.